The molecule has 144 valence electrons. The van der Waals surface area contributed by atoms with E-state index in [0.29, 0.717) is 31.6 Å². The van der Waals surface area contributed by atoms with Crippen molar-refractivity contribution in [3.63, 3.8) is 0 Å². The van der Waals surface area contributed by atoms with Crippen LogP contribution < -0.4 is 5.32 Å². The first-order valence-corrected chi connectivity index (χ1v) is 9.93. The zero-order chi connectivity index (χ0) is 19.7. The molecule has 2 amide bonds. The van der Waals surface area contributed by atoms with Gasteiger partial charge in [-0.2, -0.15) is 0 Å². The SMILES string of the molecule is O=C(NC1CCN(C(=O)c2ccccc2F)CC1)c1cc2ccc(Br)cc2[nH]1. The number of aromatic nitrogens is 1. The summed E-state index contributed by atoms with van der Waals surface area (Å²) in [4.78, 5) is 29.8. The van der Waals surface area contributed by atoms with Crippen LogP contribution in [0.25, 0.3) is 10.9 Å². The lowest BCUT2D eigenvalue weighted by Gasteiger charge is -2.32. The number of piperidine rings is 1. The van der Waals surface area contributed by atoms with Crippen molar-refractivity contribution >= 4 is 38.6 Å². The summed E-state index contributed by atoms with van der Waals surface area (Å²) < 4.78 is 14.8. The Kier molecular flexibility index (Phi) is 5.17. The molecule has 0 atom stereocenters. The second kappa shape index (κ2) is 7.75. The third-order valence-corrected chi connectivity index (χ3v) is 5.54. The second-order valence-corrected chi connectivity index (χ2v) is 7.85. The van der Waals surface area contributed by atoms with E-state index in [-0.39, 0.29) is 23.4 Å². The van der Waals surface area contributed by atoms with E-state index in [0.717, 1.165) is 15.4 Å². The molecule has 28 heavy (non-hydrogen) atoms. The second-order valence-electron chi connectivity index (χ2n) is 6.93. The molecule has 0 spiro atoms. The maximum atomic E-state index is 13.8. The Hall–Kier alpha value is -2.67. The van der Waals surface area contributed by atoms with Gasteiger partial charge in [-0.05, 0) is 43.2 Å². The Morgan fingerprint density at radius 1 is 1.11 bits per heavy atom. The molecule has 0 unspecified atom stereocenters. The lowest BCUT2D eigenvalue weighted by Crippen LogP contribution is -2.46. The number of hydrogen-bond donors (Lipinski definition) is 2. The van der Waals surface area contributed by atoms with Crippen LogP contribution in [0.3, 0.4) is 0 Å². The van der Waals surface area contributed by atoms with Gasteiger partial charge in [0, 0.05) is 34.5 Å². The largest absolute Gasteiger partial charge is 0.350 e. The van der Waals surface area contributed by atoms with Crippen molar-refractivity contribution in [3.8, 4) is 0 Å². The van der Waals surface area contributed by atoms with Crippen molar-refractivity contribution in [2.75, 3.05) is 13.1 Å². The fourth-order valence-electron chi connectivity index (χ4n) is 3.52. The molecule has 2 N–H and O–H groups in total. The number of likely N-dealkylation sites (tertiary alicyclic amines) is 1. The minimum Gasteiger partial charge on any atom is -0.350 e. The zero-order valence-electron chi connectivity index (χ0n) is 15.0. The number of hydrogen-bond acceptors (Lipinski definition) is 2. The van der Waals surface area contributed by atoms with Crippen LogP contribution in [0.5, 0.6) is 0 Å². The van der Waals surface area contributed by atoms with E-state index in [2.05, 4.69) is 26.2 Å². The molecule has 0 aliphatic carbocycles. The number of carbonyl (C=O) groups excluding carboxylic acids is 2. The van der Waals surface area contributed by atoms with Gasteiger partial charge in [-0.3, -0.25) is 9.59 Å². The first-order chi connectivity index (χ1) is 13.5. The van der Waals surface area contributed by atoms with Crippen molar-refractivity contribution in [2.24, 2.45) is 0 Å². The minimum absolute atomic E-state index is 0.0182. The number of fused-ring (bicyclic) bond motifs is 1. The van der Waals surface area contributed by atoms with E-state index in [1.165, 1.54) is 12.1 Å². The summed E-state index contributed by atoms with van der Waals surface area (Å²) in [6, 6.07) is 13.6. The summed E-state index contributed by atoms with van der Waals surface area (Å²) in [5.41, 5.74) is 1.50. The van der Waals surface area contributed by atoms with Crippen LogP contribution >= 0.6 is 15.9 Å². The standard InChI is InChI=1S/C21H19BrFN3O2/c22-14-6-5-13-11-19(25-18(13)12-14)20(27)24-15-7-9-26(10-8-15)21(28)16-3-1-2-4-17(16)23/h1-6,11-12,15,25H,7-10H2,(H,24,27). The number of amides is 2. The van der Waals surface area contributed by atoms with Gasteiger partial charge < -0.3 is 15.2 Å². The van der Waals surface area contributed by atoms with E-state index in [9.17, 15) is 14.0 Å². The lowest BCUT2D eigenvalue weighted by molar-refractivity contribution is 0.0693. The van der Waals surface area contributed by atoms with Gasteiger partial charge in [0.1, 0.15) is 11.5 Å². The van der Waals surface area contributed by atoms with E-state index in [1.54, 1.807) is 17.0 Å². The Labute approximate surface area is 170 Å². The van der Waals surface area contributed by atoms with Gasteiger partial charge >= 0.3 is 0 Å². The number of nitrogens with one attached hydrogen (secondary N) is 2. The van der Waals surface area contributed by atoms with Crippen LogP contribution in [0.1, 0.15) is 33.7 Å². The number of H-pyrrole nitrogens is 1. The fraction of sp³-hybridized carbons (Fsp3) is 0.238. The summed E-state index contributed by atoms with van der Waals surface area (Å²) in [5, 5.41) is 4.00. The van der Waals surface area contributed by atoms with Gasteiger partial charge in [-0.15, -0.1) is 0 Å². The Balaban J connectivity index is 1.36. The minimum atomic E-state index is -0.506. The molecule has 2 aromatic carbocycles. The van der Waals surface area contributed by atoms with Crippen molar-refractivity contribution in [1.29, 1.82) is 0 Å². The highest BCUT2D eigenvalue weighted by molar-refractivity contribution is 9.10. The molecule has 1 aromatic heterocycles. The van der Waals surface area contributed by atoms with Gasteiger partial charge in [-0.1, -0.05) is 34.1 Å². The van der Waals surface area contributed by atoms with Crippen LogP contribution in [-0.2, 0) is 0 Å². The third kappa shape index (κ3) is 3.80. The number of aromatic amines is 1. The van der Waals surface area contributed by atoms with E-state index in [1.807, 2.05) is 24.3 Å². The summed E-state index contributed by atoms with van der Waals surface area (Å²) >= 11 is 3.42. The predicted molar refractivity (Wildman–Crippen MR) is 109 cm³/mol. The van der Waals surface area contributed by atoms with Crippen molar-refractivity contribution in [3.05, 3.63) is 70.1 Å². The topological polar surface area (TPSA) is 65.2 Å². The number of benzene rings is 2. The molecule has 0 bridgehead atoms. The number of halogens is 2. The van der Waals surface area contributed by atoms with Gasteiger partial charge in [0.2, 0.25) is 0 Å². The third-order valence-electron chi connectivity index (χ3n) is 5.05. The molecule has 1 fully saturated rings. The monoisotopic (exact) mass is 443 g/mol. The molecule has 7 heteroatoms. The Morgan fingerprint density at radius 3 is 2.61 bits per heavy atom. The number of rotatable bonds is 3. The zero-order valence-corrected chi connectivity index (χ0v) is 16.6. The molecule has 1 aliphatic rings. The van der Waals surface area contributed by atoms with Gasteiger partial charge in [-0.25, -0.2) is 4.39 Å². The molecule has 5 nitrogen and oxygen atoms in total. The first-order valence-electron chi connectivity index (χ1n) is 9.14. The number of carbonyl (C=O) groups is 2. The summed E-state index contributed by atoms with van der Waals surface area (Å²) in [5.74, 6) is -0.969. The van der Waals surface area contributed by atoms with Crippen molar-refractivity contribution in [1.82, 2.24) is 15.2 Å². The molecule has 1 saturated heterocycles. The molecular weight excluding hydrogens is 425 g/mol. The summed E-state index contributed by atoms with van der Waals surface area (Å²) in [7, 11) is 0. The van der Waals surface area contributed by atoms with Crippen LogP contribution in [0.15, 0.2) is 53.0 Å². The molecule has 1 aliphatic heterocycles. The summed E-state index contributed by atoms with van der Waals surface area (Å²) in [6.07, 6.45) is 1.27. The average Bonchev–Trinajstić information content (AvgIpc) is 3.12. The van der Waals surface area contributed by atoms with Gasteiger partial charge in [0.25, 0.3) is 11.8 Å². The molecule has 0 saturated carbocycles. The average molecular weight is 444 g/mol. The van der Waals surface area contributed by atoms with Crippen LogP contribution in [0.2, 0.25) is 0 Å². The Bertz CT molecular complexity index is 1040. The first kappa shape index (κ1) is 18.7. The van der Waals surface area contributed by atoms with Gasteiger partial charge in [0.05, 0.1) is 5.56 Å². The number of nitrogens with zero attached hydrogens (tertiary/aromatic N) is 1. The highest BCUT2D eigenvalue weighted by atomic mass is 79.9. The molecule has 0 radical (unpaired) electrons. The van der Waals surface area contributed by atoms with E-state index >= 15 is 0 Å². The van der Waals surface area contributed by atoms with Crippen molar-refractivity contribution < 1.29 is 14.0 Å². The van der Waals surface area contributed by atoms with E-state index in [4.69, 9.17) is 0 Å². The van der Waals surface area contributed by atoms with Crippen molar-refractivity contribution in [2.45, 2.75) is 18.9 Å². The predicted octanol–water partition coefficient (Wildman–Crippen LogP) is 4.10. The quantitative estimate of drug-likeness (QED) is 0.639. The van der Waals surface area contributed by atoms with Crippen LogP contribution in [0.4, 0.5) is 4.39 Å². The van der Waals surface area contributed by atoms with Crippen LogP contribution in [-0.4, -0.2) is 40.8 Å². The van der Waals surface area contributed by atoms with Gasteiger partial charge in [0.15, 0.2) is 0 Å². The highest BCUT2D eigenvalue weighted by Crippen LogP contribution is 2.21. The molecular formula is C21H19BrFN3O2. The lowest BCUT2D eigenvalue weighted by atomic mass is 10.0. The molecule has 3 aromatic rings. The van der Waals surface area contributed by atoms with E-state index < -0.39 is 5.82 Å². The molecule has 2 heterocycles. The normalized spacial score (nSPS) is 15.0. The summed E-state index contributed by atoms with van der Waals surface area (Å²) in [6.45, 7) is 0.968. The molecule has 4 rings (SSSR count). The maximum absolute atomic E-state index is 13.8. The maximum Gasteiger partial charge on any atom is 0.267 e. The fourth-order valence-corrected chi connectivity index (χ4v) is 3.88. The Morgan fingerprint density at radius 2 is 1.86 bits per heavy atom. The smallest absolute Gasteiger partial charge is 0.267 e. The van der Waals surface area contributed by atoms with Crippen LogP contribution in [0, 0.1) is 5.82 Å². The highest BCUT2D eigenvalue weighted by Gasteiger charge is 2.26.